The molecule has 0 spiro atoms. The van der Waals surface area contributed by atoms with Crippen molar-refractivity contribution in [2.75, 3.05) is 11.6 Å². The summed E-state index contributed by atoms with van der Waals surface area (Å²) in [4.78, 5) is 13.2. The van der Waals surface area contributed by atoms with Crippen molar-refractivity contribution in [3.8, 4) is 0 Å². The largest absolute Gasteiger partial charge is 0.320 e. The van der Waals surface area contributed by atoms with Gasteiger partial charge in [0.05, 0.1) is 5.69 Å². The first-order valence-corrected chi connectivity index (χ1v) is 6.95. The quantitative estimate of drug-likeness (QED) is 0.861. The number of rotatable bonds is 4. The number of hydrogen-bond donors (Lipinski definition) is 1. The lowest BCUT2D eigenvalue weighted by molar-refractivity contribution is 0.101. The van der Waals surface area contributed by atoms with E-state index in [4.69, 9.17) is 0 Å². The molecule has 94 valence electrons. The van der Waals surface area contributed by atoms with Crippen molar-refractivity contribution in [1.29, 1.82) is 0 Å². The summed E-state index contributed by atoms with van der Waals surface area (Å²) in [6.07, 6.45) is 3.63. The molecule has 0 bridgehead atoms. The minimum atomic E-state index is -0.129. The highest BCUT2D eigenvalue weighted by Gasteiger charge is 2.12. The van der Waals surface area contributed by atoms with Crippen LogP contribution in [0.5, 0.6) is 0 Å². The van der Waals surface area contributed by atoms with E-state index >= 15 is 0 Å². The van der Waals surface area contributed by atoms with Gasteiger partial charge in [0.1, 0.15) is 5.69 Å². The smallest absolute Gasteiger partial charge is 0.273 e. The number of amides is 1. The molecule has 1 N–H and O–H groups in total. The number of thioether (sulfide) groups is 1. The fourth-order valence-electron chi connectivity index (χ4n) is 1.71. The minimum Gasteiger partial charge on any atom is -0.320 e. The van der Waals surface area contributed by atoms with E-state index in [9.17, 15) is 4.79 Å². The van der Waals surface area contributed by atoms with Gasteiger partial charge in [-0.2, -0.15) is 5.10 Å². The average molecular weight is 261 g/mol. The van der Waals surface area contributed by atoms with Gasteiger partial charge in [-0.05, 0) is 31.4 Å². The van der Waals surface area contributed by atoms with Gasteiger partial charge < -0.3 is 5.32 Å². The zero-order valence-corrected chi connectivity index (χ0v) is 11.2. The summed E-state index contributed by atoms with van der Waals surface area (Å²) in [7, 11) is 0. The second-order valence-electron chi connectivity index (χ2n) is 3.69. The van der Waals surface area contributed by atoms with Gasteiger partial charge in [0.2, 0.25) is 0 Å². The topological polar surface area (TPSA) is 46.9 Å². The van der Waals surface area contributed by atoms with Gasteiger partial charge in [0.25, 0.3) is 5.91 Å². The molecule has 0 aliphatic rings. The Balaban J connectivity index is 2.21. The number of aromatic nitrogens is 2. The first-order valence-electron chi connectivity index (χ1n) is 5.72. The fraction of sp³-hybridized carbons (Fsp3) is 0.231. The van der Waals surface area contributed by atoms with E-state index in [1.165, 1.54) is 0 Å². The summed E-state index contributed by atoms with van der Waals surface area (Å²) < 4.78 is 1.68. The average Bonchev–Trinajstić information content (AvgIpc) is 2.87. The summed E-state index contributed by atoms with van der Waals surface area (Å²) in [6, 6.07) is 9.47. The van der Waals surface area contributed by atoms with Crippen LogP contribution in [0.25, 0.3) is 0 Å². The molecular formula is C13H15N3OS. The van der Waals surface area contributed by atoms with Crippen LogP contribution in [0.4, 0.5) is 5.69 Å². The molecule has 0 saturated carbocycles. The highest BCUT2D eigenvalue weighted by Crippen LogP contribution is 2.24. The lowest BCUT2D eigenvalue weighted by Gasteiger charge is -2.09. The highest BCUT2D eigenvalue weighted by atomic mass is 32.2. The maximum Gasteiger partial charge on any atom is 0.273 e. The number of para-hydroxylation sites is 1. The van der Waals surface area contributed by atoms with Gasteiger partial charge in [0, 0.05) is 17.6 Å². The van der Waals surface area contributed by atoms with E-state index in [-0.39, 0.29) is 5.91 Å². The molecule has 0 radical (unpaired) electrons. The third-order valence-corrected chi connectivity index (χ3v) is 3.40. The van der Waals surface area contributed by atoms with Crippen LogP contribution in [0.1, 0.15) is 17.4 Å². The van der Waals surface area contributed by atoms with Crippen molar-refractivity contribution >= 4 is 23.4 Å². The van der Waals surface area contributed by atoms with Gasteiger partial charge in [-0.15, -0.1) is 11.8 Å². The Morgan fingerprint density at radius 1 is 1.39 bits per heavy atom. The number of carbonyl (C=O) groups is 1. The van der Waals surface area contributed by atoms with Crippen molar-refractivity contribution in [1.82, 2.24) is 9.78 Å². The van der Waals surface area contributed by atoms with Crippen molar-refractivity contribution in [3.05, 3.63) is 42.2 Å². The summed E-state index contributed by atoms with van der Waals surface area (Å²) in [5.41, 5.74) is 1.41. The van der Waals surface area contributed by atoms with E-state index in [0.717, 1.165) is 10.6 Å². The highest BCUT2D eigenvalue weighted by molar-refractivity contribution is 7.98. The first kappa shape index (κ1) is 12.7. The Hall–Kier alpha value is -1.75. The van der Waals surface area contributed by atoms with Crippen LogP contribution < -0.4 is 5.32 Å². The summed E-state index contributed by atoms with van der Waals surface area (Å²) in [5.74, 6) is -0.129. The van der Waals surface area contributed by atoms with Crippen molar-refractivity contribution < 1.29 is 4.79 Å². The van der Waals surface area contributed by atoms with E-state index in [2.05, 4.69) is 10.4 Å². The number of aryl methyl sites for hydroxylation is 1. The number of anilines is 1. The standard InChI is InChI=1S/C13H15N3OS/c1-3-16-11(8-9-14-16)13(17)15-10-6-4-5-7-12(10)18-2/h4-9H,3H2,1-2H3,(H,15,17). The molecule has 5 heteroatoms. The Kier molecular flexibility index (Phi) is 4.04. The van der Waals surface area contributed by atoms with Crippen molar-refractivity contribution in [2.24, 2.45) is 0 Å². The molecule has 0 aliphatic carbocycles. The predicted octanol–water partition coefficient (Wildman–Crippen LogP) is 2.88. The molecular weight excluding hydrogens is 246 g/mol. The minimum absolute atomic E-state index is 0.129. The molecule has 18 heavy (non-hydrogen) atoms. The molecule has 1 aromatic carbocycles. The predicted molar refractivity (Wildman–Crippen MR) is 74.1 cm³/mol. The number of nitrogens with one attached hydrogen (secondary N) is 1. The normalized spacial score (nSPS) is 10.3. The van der Waals surface area contributed by atoms with Crippen LogP contribution in [-0.4, -0.2) is 21.9 Å². The number of nitrogens with zero attached hydrogens (tertiary/aromatic N) is 2. The molecule has 0 saturated heterocycles. The van der Waals surface area contributed by atoms with E-state index in [1.807, 2.05) is 37.4 Å². The second kappa shape index (κ2) is 5.73. The Morgan fingerprint density at radius 2 is 2.17 bits per heavy atom. The lowest BCUT2D eigenvalue weighted by Crippen LogP contribution is -2.17. The van der Waals surface area contributed by atoms with Crippen LogP contribution in [0.15, 0.2) is 41.4 Å². The van der Waals surface area contributed by atoms with E-state index in [0.29, 0.717) is 12.2 Å². The van der Waals surface area contributed by atoms with Gasteiger partial charge in [0.15, 0.2) is 0 Å². The van der Waals surface area contributed by atoms with Crippen LogP contribution in [0, 0.1) is 0 Å². The van der Waals surface area contributed by atoms with Gasteiger partial charge in [-0.25, -0.2) is 0 Å². The summed E-state index contributed by atoms with van der Waals surface area (Å²) >= 11 is 1.61. The summed E-state index contributed by atoms with van der Waals surface area (Å²) in [5, 5.41) is 7.01. The SMILES string of the molecule is CCn1nccc1C(=O)Nc1ccccc1SC. The van der Waals surface area contributed by atoms with Gasteiger partial charge in [-0.3, -0.25) is 9.48 Å². The molecule has 0 fully saturated rings. The van der Waals surface area contributed by atoms with E-state index < -0.39 is 0 Å². The molecule has 0 aliphatic heterocycles. The van der Waals surface area contributed by atoms with Crippen LogP contribution >= 0.6 is 11.8 Å². The van der Waals surface area contributed by atoms with E-state index in [1.54, 1.807) is 28.7 Å². The molecule has 4 nitrogen and oxygen atoms in total. The first-order chi connectivity index (χ1) is 8.76. The van der Waals surface area contributed by atoms with Crippen LogP contribution in [-0.2, 0) is 6.54 Å². The Labute approximate surface area is 110 Å². The summed E-state index contributed by atoms with van der Waals surface area (Å²) in [6.45, 7) is 2.64. The molecule has 1 heterocycles. The molecule has 0 atom stereocenters. The number of carbonyl (C=O) groups excluding carboxylic acids is 1. The fourth-order valence-corrected chi connectivity index (χ4v) is 2.27. The zero-order valence-electron chi connectivity index (χ0n) is 10.4. The third kappa shape index (κ3) is 2.56. The lowest BCUT2D eigenvalue weighted by atomic mass is 10.3. The van der Waals surface area contributed by atoms with Crippen LogP contribution in [0.2, 0.25) is 0 Å². The molecule has 2 aromatic rings. The maximum absolute atomic E-state index is 12.1. The van der Waals surface area contributed by atoms with Gasteiger partial charge >= 0.3 is 0 Å². The van der Waals surface area contributed by atoms with Crippen molar-refractivity contribution in [2.45, 2.75) is 18.4 Å². The molecule has 1 aromatic heterocycles. The Bertz CT molecular complexity index is 551. The molecule has 1 amide bonds. The zero-order chi connectivity index (χ0) is 13.0. The number of benzene rings is 1. The van der Waals surface area contributed by atoms with Crippen molar-refractivity contribution in [3.63, 3.8) is 0 Å². The Morgan fingerprint density at radius 3 is 2.89 bits per heavy atom. The molecule has 2 rings (SSSR count). The third-order valence-electron chi connectivity index (χ3n) is 2.60. The number of hydrogen-bond acceptors (Lipinski definition) is 3. The maximum atomic E-state index is 12.1. The second-order valence-corrected chi connectivity index (χ2v) is 4.53. The van der Waals surface area contributed by atoms with Crippen LogP contribution in [0.3, 0.4) is 0 Å². The monoisotopic (exact) mass is 261 g/mol. The van der Waals surface area contributed by atoms with Gasteiger partial charge in [-0.1, -0.05) is 12.1 Å². The molecule has 0 unspecified atom stereocenters.